The number of hydrogen-bond donors (Lipinski definition) is 0. The molecule has 0 bridgehead atoms. The van der Waals surface area contributed by atoms with Gasteiger partial charge < -0.3 is 0 Å². The lowest BCUT2D eigenvalue weighted by atomic mass is 9.90. The maximum absolute atomic E-state index is 14.9. The van der Waals surface area contributed by atoms with Gasteiger partial charge in [0.2, 0.25) is 0 Å². The van der Waals surface area contributed by atoms with Gasteiger partial charge in [0, 0.05) is 21.5 Å². The fourth-order valence-electron chi connectivity index (χ4n) is 4.14. The Labute approximate surface area is 149 Å². The predicted molar refractivity (Wildman–Crippen MR) is 106 cm³/mol. The minimum atomic E-state index is -0.775. The third-order valence-corrected chi connectivity index (χ3v) is 5.34. The number of hydrogen-bond acceptors (Lipinski definition) is 0. The van der Waals surface area contributed by atoms with E-state index in [-0.39, 0.29) is 0 Å². The first kappa shape index (κ1) is 15.3. The highest BCUT2D eigenvalue weighted by Gasteiger charge is 2.18. The molecule has 0 radical (unpaired) electrons. The van der Waals surface area contributed by atoms with Gasteiger partial charge >= 0.3 is 0 Å². The van der Waals surface area contributed by atoms with E-state index in [9.17, 15) is 8.78 Å². The molecule has 0 saturated heterocycles. The first-order valence-corrected chi connectivity index (χ1v) is 8.68. The van der Waals surface area contributed by atoms with E-state index >= 15 is 0 Å². The summed E-state index contributed by atoms with van der Waals surface area (Å²) in [5.74, 6) is -1.55. The molecule has 5 aromatic rings. The van der Waals surface area contributed by atoms with Crippen molar-refractivity contribution in [3.8, 4) is 0 Å². The summed E-state index contributed by atoms with van der Waals surface area (Å²) in [7, 11) is 0. The molecule has 0 aromatic heterocycles. The van der Waals surface area contributed by atoms with Crippen molar-refractivity contribution in [2.45, 2.75) is 13.8 Å². The molecule has 0 amide bonds. The maximum Gasteiger partial charge on any atom is 0.167 e. The van der Waals surface area contributed by atoms with Crippen molar-refractivity contribution in [2.75, 3.05) is 0 Å². The van der Waals surface area contributed by atoms with Gasteiger partial charge in [0.25, 0.3) is 0 Å². The fraction of sp³-hybridized carbons (Fsp3) is 0.0833. The lowest BCUT2D eigenvalue weighted by molar-refractivity contribution is 0.525. The van der Waals surface area contributed by atoms with E-state index in [2.05, 4.69) is 6.07 Å². The highest BCUT2D eigenvalue weighted by molar-refractivity contribution is 6.28. The summed E-state index contributed by atoms with van der Waals surface area (Å²) in [6.07, 6.45) is 0. The smallest absolute Gasteiger partial charge is 0.167 e. The number of rotatable bonds is 0. The monoisotopic (exact) mass is 342 g/mol. The average Bonchev–Trinajstić information content (AvgIpc) is 2.64. The van der Waals surface area contributed by atoms with Gasteiger partial charge in [-0.25, -0.2) is 8.78 Å². The van der Waals surface area contributed by atoms with Gasteiger partial charge in [0.05, 0.1) is 0 Å². The molecule has 0 spiro atoms. The molecule has 0 nitrogen and oxygen atoms in total. The molecule has 0 fully saturated rings. The van der Waals surface area contributed by atoms with Crippen molar-refractivity contribution >= 4 is 43.1 Å². The minimum absolute atomic E-state index is 0.335. The van der Waals surface area contributed by atoms with Gasteiger partial charge in [-0.15, -0.1) is 0 Å². The van der Waals surface area contributed by atoms with Crippen LogP contribution in [0.25, 0.3) is 43.1 Å². The van der Waals surface area contributed by atoms with Crippen molar-refractivity contribution < 1.29 is 8.78 Å². The standard InChI is InChI=1S/C24H16F2/c1-13-6-9-17-16(12-13)8-11-18-21(17)22-19(24(26)23(18)25)10-7-15-5-3-4-14(2)20(15)22/h3-12H,1-2H3. The molecule has 0 atom stereocenters. The van der Waals surface area contributed by atoms with E-state index in [4.69, 9.17) is 0 Å². The maximum atomic E-state index is 14.9. The van der Waals surface area contributed by atoms with Crippen LogP contribution < -0.4 is 0 Å². The van der Waals surface area contributed by atoms with Gasteiger partial charge in [-0.1, -0.05) is 66.2 Å². The van der Waals surface area contributed by atoms with Crippen LogP contribution in [0.4, 0.5) is 8.78 Å². The Morgan fingerprint density at radius 2 is 1.23 bits per heavy atom. The Kier molecular flexibility index (Phi) is 3.08. The molecule has 0 aliphatic heterocycles. The van der Waals surface area contributed by atoms with Crippen LogP contribution in [0.3, 0.4) is 0 Å². The minimum Gasteiger partial charge on any atom is -0.203 e. The second-order valence-corrected chi connectivity index (χ2v) is 7.00. The number of halogens is 2. The lowest BCUT2D eigenvalue weighted by Gasteiger charge is -2.14. The zero-order chi connectivity index (χ0) is 18.0. The topological polar surface area (TPSA) is 0 Å². The molecule has 5 aromatic carbocycles. The summed E-state index contributed by atoms with van der Waals surface area (Å²) in [6, 6.07) is 19.3. The summed E-state index contributed by atoms with van der Waals surface area (Å²) in [5.41, 5.74) is 2.20. The van der Waals surface area contributed by atoms with E-state index in [1.165, 1.54) is 0 Å². The number of fused-ring (bicyclic) bond motifs is 7. The van der Waals surface area contributed by atoms with E-state index < -0.39 is 11.6 Å². The van der Waals surface area contributed by atoms with Crippen LogP contribution in [0.5, 0.6) is 0 Å². The second kappa shape index (κ2) is 5.25. The molecule has 0 aliphatic rings. The van der Waals surface area contributed by atoms with Crippen molar-refractivity contribution in [2.24, 2.45) is 0 Å². The van der Waals surface area contributed by atoms with Crippen LogP contribution in [0.15, 0.2) is 60.7 Å². The third kappa shape index (κ3) is 1.93. The lowest BCUT2D eigenvalue weighted by Crippen LogP contribution is -1.94. The van der Waals surface area contributed by atoms with Gasteiger partial charge in [-0.05, 0) is 41.0 Å². The third-order valence-electron chi connectivity index (χ3n) is 5.34. The zero-order valence-corrected chi connectivity index (χ0v) is 14.5. The Morgan fingerprint density at radius 1 is 0.577 bits per heavy atom. The number of aryl methyl sites for hydroxylation is 2. The Bertz CT molecular complexity index is 1360. The largest absolute Gasteiger partial charge is 0.203 e. The molecule has 2 heteroatoms. The Balaban J connectivity index is 2.22. The Hall–Kier alpha value is -3.00. The molecular weight excluding hydrogens is 326 g/mol. The fourth-order valence-corrected chi connectivity index (χ4v) is 4.14. The highest BCUT2D eigenvalue weighted by atomic mass is 19.2. The molecule has 26 heavy (non-hydrogen) atoms. The zero-order valence-electron chi connectivity index (χ0n) is 14.5. The molecule has 0 N–H and O–H groups in total. The van der Waals surface area contributed by atoms with Gasteiger partial charge in [-0.2, -0.15) is 0 Å². The quantitative estimate of drug-likeness (QED) is 0.261. The second-order valence-electron chi connectivity index (χ2n) is 7.00. The first-order chi connectivity index (χ1) is 12.6. The van der Waals surface area contributed by atoms with Crippen molar-refractivity contribution in [1.82, 2.24) is 0 Å². The molecular formula is C24H16F2. The van der Waals surface area contributed by atoms with Crippen molar-refractivity contribution in [3.05, 3.63) is 83.4 Å². The highest BCUT2D eigenvalue weighted by Crippen LogP contribution is 2.40. The van der Waals surface area contributed by atoms with Crippen LogP contribution in [0.1, 0.15) is 11.1 Å². The van der Waals surface area contributed by atoms with Gasteiger partial charge in [0.15, 0.2) is 11.6 Å². The van der Waals surface area contributed by atoms with Crippen LogP contribution in [0, 0.1) is 25.5 Å². The van der Waals surface area contributed by atoms with E-state index in [1.807, 2.05) is 56.3 Å². The summed E-state index contributed by atoms with van der Waals surface area (Å²) in [6.45, 7) is 4.05. The van der Waals surface area contributed by atoms with Crippen molar-refractivity contribution in [1.29, 1.82) is 0 Å². The molecule has 0 unspecified atom stereocenters. The van der Waals surface area contributed by atoms with Crippen LogP contribution >= 0.6 is 0 Å². The molecule has 0 aliphatic carbocycles. The van der Waals surface area contributed by atoms with E-state index in [1.54, 1.807) is 12.1 Å². The van der Waals surface area contributed by atoms with E-state index in [0.29, 0.717) is 10.8 Å². The molecule has 0 heterocycles. The average molecular weight is 342 g/mol. The first-order valence-electron chi connectivity index (χ1n) is 8.68. The van der Waals surface area contributed by atoms with Crippen LogP contribution in [-0.2, 0) is 0 Å². The SMILES string of the molecule is Cc1ccc2c(ccc3c(F)c(F)c4ccc5cccc(C)c5c4c32)c1. The molecule has 5 rings (SSSR count). The molecule has 0 saturated carbocycles. The van der Waals surface area contributed by atoms with Crippen LogP contribution in [0.2, 0.25) is 0 Å². The van der Waals surface area contributed by atoms with Crippen LogP contribution in [-0.4, -0.2) is 0 Å². The van der Waals surface area contributed by atoms with E-state index in [0.717, 1.165) is 43.4 Å². The van der Waals surface area contributed by atoms with Gasteiger partial charge in [0.1, 0.15) is 0 Å². The summed E-state index contributed by atoms with van der Waals surface area (Å²) in [5, 5.41) is 6.27. The van der Waals surface area contributed by atoms with Crippen molar-refractivity contribution in [3.63, 3.8) is 0 Å². The number of benzene rings is 5. The normalized spacial score (nSPS) is 11.8. The summed E-state index contributed by atoms with van der Waals surface area (Å²) in [4.78, 5) is 0. The predicted octanol–water partition coefficient (Wildman–Crippen LogP) is 7.19. The van der Waals surface area contributed by atoms with Gasteiger partial charge in [-0.3, -0.25) is 0 Å². The Morgan fingerprint density at radius 3 is 2.00 bits per heavy atom. The summed E-state index contributed by atoms with van der Waals surface area (Å²) < 4.78 is 29.7. The molecule has 126 valence electrons. The summed E-state index contributed by atoms with van der Waals surface area (Å²) >= 11 is 0.